The van der Waals surface area contributed by atoms with Crippen molar-refractivity contribution in [2.45, 2.75) is 119 Å². The molecule has 1 aromatic carbocycles. The van der Waals surface area contributed by atoms with Gasteiger partial charge in [0.2, 0.25) is 11.1 Å². The largest absolute Gasteiger partial charge is 0.459 e. The average molecular weight is 843 g/mol. The monoisotopic (exact) mass is 842 g/mol. The molecule has 61 heavy (non-hydrogen) atoms. The summed E-state index contributed by atoms with van der Waals surface area (Å²) < 4.78 is 23.6. The van der Waals surface area contributed by atoms with Gasteiger partial charge in [0.25, 0.3) is 0 Å². The van der Waals surface area contributed by atoms with Crippen LogP contribution in [0.1, 0.15) is 101 Å². The highest BCUT2D eigenvalue weighted by Gasteiger charge is 2.31. The van der Waals surface area contributed by atoms with Crippen LogP contribution in [0.15, 0.2) is 57.7 Å². The molecule has 5 rings (SSSR count). The molecule has 4 heterocycles. The van der Waals surface area contributed by atoms with Crippen molar-refractivity contribution in [3.05, 3.63) is 70.0 Å². The third kappa shape index (κ3) is 13.7. The van der Waals surface area contributed by atoms with Crippen molar-refractivity contribution in [3.8, 4) is 11.4 Å². The number of pyridine rings is 2. The molecule has 14 nitrogen and oxygen atoms in total. The number of nitrogens with zero attached hydrogens (tertiary/aromatic N) is 6. The Morgan fingerprint density at radius 1 is 0.689 bits per heavy atom. The minimum atomic E-state index is -0.765. The fraction of sp³-hybridized carbons (Fsp3) is 0.574. The van der Waals surface area contributed by atoms with Crippen molar-refractivity contribution in [2.24, 2.45) is 5.92 Å². The fourth-order valence-electron chi connectivity index (χ4n) is 7.03. The second-order valence-corrected chi connectivity index (χ2v) is 20.2. The van der Waals surface area contributed by atoms with Crippen LogP contribution in [-0.2, 0) is 31.0 Å². The number of benzene rings is 1. The lowest BCUT2D eigenvalue weighted by Crippen LogP contribution is -2.52. The van der Waals surface area contributed by atoms with E-state index in [0.29, 0.717) is 60.5 Å². The minimum Gasteiger partial charge on any atom is -0.459 e. The van der Waals surface area contributed by atoms with Crippen LogP contribution >= 0.6 is 0 Å². The molecular formula is C47H66N6O8. The molecule has 4 aromatic rings. The van der Waals surface area contributed by atoms with Crippen molar-refractivity contribution < 1.29 is 33.0 Å². The lowest BCUT2D eigenvalue weighted by molar-refractivity contribution is -0.156. The van der Waals surface area contributed by atoms with Gasteiger partial charge in [-0.25, -0.2) is 19.6 Å². The summed E-state index contributed by atoms with van der Waals surface area (Å²) >= 11 is 0. The maximum Gasteiger partial charge on any atom is 0.411 e. The maximum atomic E-state index is 13.8. The summed E-state index contributed by atoms with van der Waals surface area (Å²) in [7, 11) is 0. The zero-order valence-corrected chi connectivity index (χ0v) is 38.5. The zero-order chi connectivity index (χ0) is 45.1. The molecular weight excluding hydrogens is 777 g/mol. The van der Waals surface area contributed by atoms with Crippen LogP contribution in [0.3, 0.4) is 0 Å². The van der Waals surface area contributed by atoms with Gasteiger partial charge >= 0.3 is 18.2 Å². The molecule has 0 radical (unpaired) electrons. The maximum absolute atomic E-state index is 13.8. The van der Waals surface area contributed by atoms with E-state index in [0.717, 1.165) is 11.3 Å². The molecule has 0 N–H and O–H groups in total. The molecule has 14 heteroatoms. The minimum absolute atomic E-state index is 0.0569. The number of amides is 2. The number of ether oxygens (including phenoxy) is 3. The Hall–Kier alpha value is -5.08. The Balaban J connectivity index is 1.47. The standard InChI is InChI=1S/C47H66N6O8/c1-31-26-51(29-39(54)59-45(5,6)7)22-21-50(23-24-52(42(56)60-46(8,9)10)30-53(27-31)43(57)61-47(11,12)13)28-33-15-14-16-36(48-33)37-19-18-34-40(55)35-25-32(44(2,3)4)17-20-38(35)58-41(34)49-37/h14-20,25,31H,21-24,26-30H2,1-13H3. The number of aromatic nitrogens is 2. The smallest absolute Gasteiger partial charge is 0.411 e. The predicted octanol–water partition coefficient (Wildman–Crippen LogP) is 8.23. The molecule has 332 valence electrons. The summed E-state index contributed by atoms with van der Waals surface area (Å²) in [6, 6.07) is 14.9. The highest BCUT2D eigenvalue weighted by Crippen LogP contribution is 2.28. The van der Waals surface area contributed by atoms with Gasteiger partial charge in [-0.15, -0.1) is 0 Å². The van der Waals surface area contributed by atoms with E-state index in [4.69, 9.17) is 28.6 Å². The van der Waals surface area contributed by atoms with Crippen LogP contribution in [0.25, 0.3) is 33.5 Å². The van der Waals surface area contributed by atoms with Crippen LogP contribution in [0.4, 0.5) is 9.59 Å². The van der Waals surface area contributed by atoms with Crippen LogP contribution < -0.4 is 5.43 Å². The van der Waals surface area contributed by atoms with Crippen LogP contribution in [0, 0.1) is 5.92 Å². The van der Waals surface area contributed by atoms with Gasteiger partial charge in [-0.3, -0.25) is 29.2 Å². The van der Waals surface area contributed by atoms with Gasteiger partial charge in [0.05, 0.1) is 34.4 Å². The van der Waals surface area contributed by atoms with E-state index in [1.165, 1.54) is 4.90 Å². The summed E-state index contributed by atoms with van der Waals surface area (Å²) in [6.45, 7) is 27.5. The highest BCUT2D eigenvalue weighted by molar-refractivity contribution is 5.89. The van der Waals surface area contributed by atoms with Gasteiger partial charge in [0.15, 0.2) is 0 Å². The van der Waals surface area contributed by atoms with Gasteiger partial charge in [-0.1, -0.05) is 39.8 Å². The first-order chi connectivity index (χ1) is 28.2. The number of hydrogen-bond acceptors (Lipinski definition) is 12. The number of carbonyl (C=O) groups excluding carboxylic acids is 3. The van der Waals surface area contributed by atoms with Crippen molar-refractivity contribution in [1.82, 2.24) is 29.6 Å². The van der Waals surface area contributed by atoms with Crippen molar-refractivity contribution in [3.63, 3.8) is 0 Å². The third-order valence-corrected chi connectivity index (χ3v) is 9.79. The van der Waals surface area contributed by atoms with E-state index in [1.54, 1.807) is 37.8 Å². The molecule has 1 aliphatic heterocycles. The van der Waals surface area contributed by atoms with Gasteiger partial charge < -0.3 is 18.6 Å². The van der Waals surface area contributed by atoms with Gasteiger partial charge in [0, 0.05) is 45.8 Å². The molecule has 0 aliphatic carbocycles. The Bertz CT molecular complexity index is 2260. The Morgan fingerprint density at radius 3 is 1.93 bits per heavy atom. The van der Waals surface area contributed by atoms with Gasteiger partial charge in [-0.2, -0.15) is 0 Å². The lowest BCUT2D eigenvalue weighted by Gasteiger charge is -2.37. The molecule has 1 fully saturated rings. The van der Waals surface area contributed by atoms with E-state index in [9.17, 15) is 19.2 Å². The zero-order valence-electron chi connectivity index (χ0n) is 38.5. The summed E-state index contributed by atoms with van der Waals surface area (Å²) in [5, 5.41) is 0.908. The van der Waals surface area contributed by atoms with Crippen molar-refractivity contribution in [2.75, 3.05) is 52.5 Å². The summed E-state index contributed by atoms with van der Waals surface area (Å²) in [5.74, 6) is -0.450. The predicted molar refractivity (Wildman–Crippen MR) is 237 cm³/mol. The normalized spacial score (nSPS) is 17.2. The third-order valence-electron chi connectivity index (χ3n) is 9.79. The molecule has 1 saturated heterocycles. The number of hydrogen-bond donors (Lipinski definition) is 0. The van der Waals surface area contributed by atoms with E-state index in [2.05, 4.69) is 30.6 Å². The first-order valence-corrected chi connectivity index (χ1v) is 21.2. The number of carbonyl (C=O) groups is 3. The van der Waals surface area contributed by atoms with Gasteiger partial charge in [-0.05, 0) is 116 Å². The number of esters is 1. The SMILES string of the molecule is CC1CN(CC(=O)OC(C)(C)C)CCN(Cc2cccc(-c3ccc4c(=O)c5cc(C(C)(C)C)ccc5oc4n3)n2)CCN(C(=O)OC(C)(C)C)CN(C(=O)OC(C)(C)C)C1. The van der Waals surface area contributed by atoms with Crippen molar-refractivity contribution >= 4 is 40.2 Å². The molecule has 0 saturated carbocycles. The molecule has 0 bridgehead atoms. The van der Waals surface area contributed by atoms with Gasteiger partial charge in [0.1, 0.15) is 29.1 Å². The summed E-state index contributed by atoms with van der Waals surface area (Å²) in [5.41, 5.74) is 1.20. The van der Waals surface area contributed by atoms with E-state index < -0.39 is 29.0 Å². The topological polar surface area (TPSA) is 148 Å². The first-order valence-electron chi connectivity index (χ1n) is 21.2. The van der Waals surface area contributed by atoms with Crippen LogP contribution in [0.2, 0.25) is 0 Å². The Kier molecular flexibility index (Phi) is 14.2. The van der Waals surface area contributed by atoms with E-state index in [-0.39, 0.29) is 54.7 Å². The van der Waals surface area contributed by atoms with Crippen molar-refractivity contribution in [1.29, 1.82) is 0 Å². The second kappa shape index (κ2) is 18.5. The molecule has 0 spiro atoms. The number of rotatable bonds is 5. The fourth-order valence-corrected chi connectivity index (χ4v) is 7.03. The summed E-state index contributed by atoms with van der Waals surface area (Å²) in [4.78, 5) is 71.3. The van der Waals surface area contributed by atoms with E-state index >= 15 is 0 Å². The lowest BCUT2D eigenvalue weighted by atomic mass is 9.86. The molecule has 2 amide bonds. The summed E-state index contributed by atoms with van der Waals surface area (Å²) in [6.07, 6.45) is -1.10. The first kappa shape index (κ1) is 47.0. The average Bonchev–Trinajstić information content (AvgIpc) is 3.11. The Labute approximate surface area is 360 Å². The molecule has 1 atom stereocenters. The van der Waals surface area contributed by atoms with Crippen LogP contribution in [0.5, 0.6) is 0 Å². The quantitative estimate of drug-likeness (QED) is 0.108. The Morgan fingerprint density at radius 2 is 1.30 bits per heavy atom. The van der Waals surface area contributed by atoms with E-state index in [1.807, 2.05) is 84.9 Å². The highest BCUT2D eigenvalue weighted by atomic mass is 16.6. The molecule has 3 aromatic heterocycles. The second-order valence-electron chi connectivity index (χ2n) is 20.2. The van der Waals surface area contributed by atoms with Crippen LogP contribution in [-0.4, -0.2) is 117 Å². The molecule has 1 unspecified atom stereocenters. The molecule has 1 aliphatic rings. The number of fused-ring (bicyclic) bond motifs is 2.